The molecule has 78 heavy (non-hydrogen) atoms. The Hall–Kier alpha value is -3.41. The molecule has 0 heterocycles. The van der Waals surface area contributed by atoms with Crippen LogP contribution in [0.2, 0.25) is 0 Å². The molecule has 0 aliphatic rings. The lowest BCUT2D eigenvalue weighted by Crippen LogP contribution is -2.30. The molecule has 0 aliphatic carbocycles. The normalized spacial score (nSPS) is 12.6. The lowest BCUT2D eigenvalue weighted by molar-refractivity contribution is -0.167. The molecule has 0 amide bonds. The molecule has 0 aromatic heterocycles. The van der Waals surface area contributed by atoms with Crippen molar-refractivity contribution in [2.24, 2.45) is 0 Å². The second-order valence-corrected chi connectivity index (χ2v) is 22.4. The standard InChI is InChI=1S/C72H126O6/c1-4-7-10-13-16-19-22-25-28-31-32-33-34-35-36-37-38-39-40-42-44-47-50-53-56-59-62-65-71(74)77-68-69(67-76-70(73)64-61-58-55-52-49-46-43-30-27-24-21-18-15-12-9-6-3)78-72(75)66-63-60-57-54-51-48-45-41-29-26-23-20-17-14-11-8-5-2/h8,11,17,20,22,25-26,29,31-32,34-35,45,48,69H,4-7,9-10,12-16,18-19,21,23-24,27-28,30,33,36-44,46-47,49-68H2,1-3H3/b11-8-,20-17-,25-22-,29-26-,32-31-,35-34-,48-45-. The van der Waals surface area contributed by atoms with E-state index in [4.69, 9.17) is 14.2 Å². The molecule has 0 saturated heterocycles. The summed E-state index contributed by atoms with van der Waals surface area (Å²) in [6.45, 7) is 6.54. The van der Waals surface area contributed by atoms with Crippen LogP contribution in [-0.2, 0) is 28.6 Å². The van der Waals surface area contributed by atoms with Gasteiger partial charge in [0.2, 0.25) is 0 Å². The molecule has 0 radical (unpaired) electrons. The number of hydrogen-bond donors (Lipinski definition) is 0. The summed E-state index contributed by atoms with van der Waals surface area (Å²) in [5.74, 6) is -0.894. The Bertz CT molecular complexity index is 1480. The highest BCUT2D eigenvalue weighted by Crippen LogP contribution is 2.17. The van der Waals surface area contributed by atoms with Crippen LogP contribution in [0.4, 0.5) is 0 Å². The third kappa shape index (κ3) is 63.4. The summed E-state index contributed by atoms with van der Waals surface area (Å²) in [6.07, 6.45) is 87.4. The van der Waals surface area contributed by atoms with Gasteiger partial charge in [-0.05, 0) is 96.3 Å². The van der Waals surface area contributed by atoms with Gasteiger partial charge in [0.25, 0.3) is 0 Å². The van der Waals surface area contributed by atoms with Crippen molar-refractivity contribution >= 4 is 17.9 Å². The summed E-state index contributed by atoms with van der Waals surface area (Å²) < 4.78 is 16.9. The molecule has 0 spiro atoms. The fourth-order valence-electron chi connectivity index (χ4n) is 9.62. The first-order chi connectivity index (χ1) is 38.5. The first kappa shape index (κ1) is 74.6. The summed E-state index contributed by atoms with van der Waals surface area (Å²) in [4.78, 5) is 38.4. The van der Waals surface area contributed by atoms with Crippen LogP contribution >= 0.6 is 0 Å². The Balaban J connectivity index is 4.32. The average molecular weight is 1090 g/mol. The van der Waals surface area contributed by atoms with Crippen molar-refractivity contribution in [3.05, 3.63) is 85.1 Å². The van der Waals surface area contributed by atoms with Crippen LogP contribution in [0.3, 0.4) is 0 Å². The van der Waals surface area contributed by atoms with Gasteiger partial charge in [0.1, 0.15) is 13.2 Å². The molecule has 0 rings (SSSR count). The van der Waals surface area contributed by atoms with Gasteiger partial charge in [0.15, 0.2) is 6.10 Å². The average Bonchev–Trinajstić information content (AvgIpc) is 3.44. The van der Waals surface area contributed by atoms with E-state index in [1.807, 2.05) is 0 Å². The summed E-state index contributed by atoms with van der Waals surface area (Å²) >= 11 is 0. The van der Waals surface area contributed by atoms with E-state index in [1.54, 1.807) is 0 Å². The number of ether oxygens (including phenoxy) is 3. The topological polar surface area (TPSA) is 78.9 Å². The Kier molecular flexibility index (Phi) is 63.2. The number of carbonyl (C=O) groups excluding carboxylic acids is 3. The van der Waals surface area contributed by atoms with Crippen molar-refractivity contribution in [2.45, 2.75) is 341 Å². The quantitative estimate of drug-likeness (QED) is 0.0261. The van der Waals surface area contributed by atoms with Crippen LogP contribution < -0.4 is 0 Å². The van der Waals surface area contributed by atoms with Crippen LogP contribution in [0.15, 0.2) is 85.1 Å². The van der Waals surface area contributed by atoms with E-state index in [1.165, 1.54) is 186 Å². The minimum absolute atomic E-state index is 0.0839. The summed E-state index contributed by atoms with van der Waals surface area (Å²) in [7, 11) is 0. The van der Waals surface area contributed by atoms with Gasteiger partial charge in [0.05, 0.1) is 0 Å². The van der Waals surface area contributed by atoms with E-state index >= 15 is 0 Å². The predicted octanol–water partition coefficient (Wildman–Crippen LogP) is 23.1. The lowest BCUT2D eigenvalue weighted by atomic mass is 10.0. The summed E-state index contributed by atoms with van der Waals surface area (Å²) in [5.41, 5.74) is 0. The van der Waals surface area contributed by atoms with E-state index in [9.17, 15) is 14.4 Å². The van der Waals surface area contributed by atoms with E-state index < -0.39 is 6.10 Å². The smallest absolute Gasteiger partial charge is 0.306 e. The first-order valence-corrected chi connectivity index (χ1v) is 33.6. The molecule has 0 aliphatic heterocycles. The molecule has 1 atom stereocenters. The van der Waals surface area contributed by atoms with E-state index in [2.05, 4.69) is 106 Å². The number of esters is 3. The third-order valence-corrected chi connectivity index (χ3v) is 14.6. The van der Waals surface area contributed by atoms with Gasteiger partial charge in [0, 0.05) is 19.3 Å². The summed E-state index contributed by atoms with van der Waals surface area (Å²) in [5, 5.41) is 0. The molecule has 1 unspecified atom stereocenters. The van der Waals surface area contributed by atoms with Gasteiger partial charge < -0.3 is 14.2 Å². The first-order valence-electron chi connectivity index (χ1n) is 33.6. The van der Waals surface area contributed by atoms with Gasteiger partial charge in [-0.2, -0.15) is 0 Å². The molecule has 0 N–H and O–H groups in total. The highest BCUT2D eigenvalue weighted by atomic mass is 16.6. The van der Waals surface area contributed by atoms with Crippen molar-refractivity contribution in [1.29, 1.82) is 0 Å². The maximum atomic E-state index is 12.9. The Morgan fingerprint density at radius 1 is 0.269 bits per heavy atom. The van der Waals surface area contributed by atoms with Crippen LogP contribution in [0.25, 0.3) is 0 Å². The highest BCUT2D eigenvalue weighted by Gasteiger charge is 2.19. The lowest BCUT2D eigenvalue weighted by Gasteiger charge is -2.18. The fourth-order valence-corrected chi connectivity index (χ4v) is 9.62. The number of carbonyl (C=O) groups is 3. The number of rotatable bonds is 61. The minimum Gasteiger partial charge on any atom is -0.462 e. The maximum Gasteiger partial charge on any atom is 0.306 e. The van der Waals surface area contributed by atoms with Crippen LogP contribution in [-0.4, -0.2) is 37.2 Å². The molecular formula is C72H126O6. The Morgan fingerprint density at radius 2 is 0.500 bits per heavy atom. The SMILES string of the molecule is CC/C=C\C/C=C\C/C=C\C/C=C\CCCCCCC(=O)OC(COC(=O)CCCCCCCCCCCCCC/C=C\C/C=C\C/C=C\CCCCCCC)COC(=O)CCCCCCCCCCCCCCCCCC. The van der Waals surface area contributed by atoms with Crippen LogP contribution in [0.5, 0.6) is 0 Å². The third-order valence-electron chi connectivity index (χ3n) is 14.6. The molecule has 450 valence electrons. The van der Waals surface area contributed by atoms with E-state index in [-0.39, 0.29) is 31.1 Å². The molecule has 0 aromatic carbocycles. The molecule has 0 fully saturated rings. The zero-order chi connectivity index (χ0) is 56.4. The molecule has 0 aromatic rings. The minimum atomic E-state index is -0.790. The zero-order valence-electron chi connectivity index (χ0n) is 51.7. The fraction of sp³-hybridized carbons (Fsp3) is 0.764. The largest absolute Gasteiger partial charge is 0.462 e. The van der Waals surface area contributed by atoms with Crippen LogP contribution in [0, 0.1) is 0 Å². The van der Waals surface area contributed by atoms with Gasteiger partial charge in [-0.25, -0.2) is 0 Å². The van der Waals surface area contributed by atoms with Crippen LogP contribution in [0.1, 0.15) is 335 Å². The number of hydrogen-bond acceptors (Lipinski definition) is 6. The Morgan fingerprint density at radius 3 is 0.782 bits per heavy atom. The predicted molar refractivity (Wildman–Crippen MR) is 339 cm³/mol. The second-order valence-electron chi connectivity index (χ2n) is 22.4. The molecular weight excluding hydrogens is 961 g/mol. The van der Waals surface area contributed by atoms with Crippen molar-refractivity contribution in [2.75, 3.05) is 13.2 Å². The zero-order valence-corrected chi connectivity index (χ0v) is 51.7. The van der Waals surface area contributed by atoms with Gasteiger partial charge in [-0.3, -0.25) is 14.4 Å². The van der Waals surface area contributed by atoms with Crippen molar-refractivity contribution in [3.63, 3.8) is 0 Å². The number of unbranched alkanes of at least 4 members (excludes halogenated alkanes) is 36. The van der Waals surface area contributed by atoms with E-state index in [0.29, 0.717) is 19.3 Å². The van der Waals surface area contributed by atoms with Gasteiger partial charge in [-0.1, -0.05) is 305 Å². The molecule has 0 saturated carbocycles. The molecule has 6 nitrogen and oxygen atoms in total. The monoisotopic (exact) mass is 1090 g/mol. The number of allylic oxidation sites excluding steroid dienone is 14. The van der Waals surface area contributed by atoms with Crippen molar-refractivity contribution < 1.29 is 28.6 Å². The highest BCUT2D eigenvalue weighted by molar-refractivity contribution is 5.71. The van der Waals surface area contributed by atoms with Crippen molar-refractivity contribution in [3.8, 4) is 0 Å². The van der Waals surface area contributed by atoms with E-state index in [0.717, 1.165) is 109 Å². The van der Waals surface area contributed by atoms with Gasteiger partial charge >= 0.3 is 17.9 Å². The second kappa shape index (κ2) is 66.1. The molecule has 6 heteroatoms. The molecule has 0 bridgehead atoms. The summed E-state index contributed by atoms with van der Waals surface area (Å²) in [6, 6.07) is 0. The Labute approximate surface area is 484 Å². The maximum absolute atomic E-state index is 12.9. The van der Waals surface area contributed by atoms with Crippen molar-refractivity contribution in [1.82, 2.24) is 0 Å². The van der Waals surface area contributed by atoms with Gasteiger partial charge in [-0.15, -0.1) is 0 Å².